The predicted octanol–water partition coefficient (Wildman–Crippen LogP) is 5.36. The van der Waals surface area contributed by atoms with Crippen LogP contribution in [0.4, 0.5) is 4.79 Å². The molecule has 2 aliphatic rings. The Morgan fingerprint density at radius 1 is 1.36 bits per heavy atom. The van der Waals surface area contributed by atoms with Crippen LogP contribution >= 0.6 is 0 Å². The van der Waals surface area contributed by atoms with E-state index >= 15 is 0 Å². The van der Waals surface area contributed by atoms with Crippen molar-refractivity contribution in [3.05, 3.63) is 36.1 Å². The van der Waals surface area contributed by atoms with Crippen molar-refractivity contribution >= 4 is 6.09 Å². The number of rotatable bonds is 8. The molecule has 154 valence electrons. The lowest BCUT2D eigenvalue weighted by atomic mass is 9.56. The molecule has 1 spiro atoms. The molecular weight excluding hydrogens is 352 g/mol. The van der Waals surface area contributed by atoms with Crippen LogP contribution in [0.1, 0.15) is 59.3 Å². The summed E-state index contributed by atoms with van der Waals surface area (Å²) in [6.45, 7) is 11.8. The molecule has 2 rings (SSSR count). The van der Waals surface area contributed by atoms with Crippen molar-refractivity contribution in [2.75, 3.05) is 19.7 Å². The summed E-state index contributed by atoms with van der Waals surface area (Å²) in [6, 6.07) is 2.11. The molecule has 1 aliphatic heterocycles. The quantitative estimate of drug-likeness (QED) is 0.244. The van der Waals surface area contributed by atoms with Crippen LogP contribution < -0.4 is 0 Å². The van der Waals surface area contributed by atoms with Crippen LogP contribution in [0.15, 0.2) is 36.1 Å². The first-order valence-corrected chi connectivity index (χ1v) is 10.4. The fourth-order valence-electron chi connectivity index (χ4n) is 4.30. The van der Waals surface area contributed by atoms with E-state index in [4.69, 9.17) is 14.7 Å². The fourth-order valence-corrected chi connectivity index (χ4v) is 4.30. The van der Waals surface area contributed by atoms with E-state index in [2.05, 4.69) is 12.6 Å². The number of nitrogens with zero attached hydrogens (tertiary/aromatic N) is 2. The highest BCUT2D eigenvalue weighted by Gasteiger charge is 2.45. The van der Waals surface area contributed by atoms with Gasteiger partial charge in [0, 0.05) is 13.1 Å². The fraction of sp³-hybridized carbons (Fsp3) is 0.652. The molecule has 0 aromatic carbocycles. The zero-order chi connectivity index (χ0) is 20.6. The van der Waals surface area contributed by atoms with Crippen molar-refractivity contribution in [2.45, 2.75) is 65.4 Å². The molecule has 0 bridgehead atoms. The van der Waals surface area contributed by atoms with Gasteiger partial charge in [0.1, 0.15) is 5.76 Å². The maximum atomic E-state index is 12.0. The highest BCUT2D eigenvalue weighted by molar-refractivity contribution is 5.67. The van der Waals surface area contributed by atoms with Gasteiger partial charge in [0.15, 0.2) is 0 Å². The van der Waals surface area contributed by atoms with Crippen LogP contribution in [0.25, 0.3) is 0 Å². The highest BCUT2D eigenvalue weighted by atomic mass is 16.6. The van der Waals surface area contributed by atoms with Crippen LogP contribution in [0, 0.1) is 22.7 Å². The predicted molar refractivity (Wildman–Crippen MR) is 110 cm³/mol. The molecule has 1 saturated heterocycles. The second-order valence-electron chi connectivity index (χ2n) is 8.36. The minimum atomic E-state index is -0.166. The van der Waals surface area contributed by atoms with Gasteiger partial charge < -0.3 is 14.4 Å². The van der Waals surface area contributed by atoms with Crippen molar-refractivity contribution in [1.82, 2.24) is 4.90 Å². The summed E-state index contributed by atoms with van der Waals surface area (Å²) < 4.78 is 10.9. The number of carbonyl (C=O) groups excluding carboxylic acids is 1. The number of hydrogen-bond acceptors (Lipinski definition) is 4. The summed E-state index contributed by atoms with van der Waals surface area (Å²) in [5, 5.41) is 9.00. The lowest BCUT2D eigenvalue weighted by molar-refractivity contribution is -0.0209. The van der Waals surface area contributed by atoms with Crippen LogP contribution in [-0.4, -0.2) is 36.8 Å². The molecule has 0 unspecified atom stereocenters. The van der Waals surface area contributed by atoms with Crippen molar-refractivity contribution in [2.24, 2.45) is 11.3 Å². The Balaban J connectivity index is 1.60. The Bertz CT molecular complexity index is 641. The number of allylic oxidation sites excluding steroid dienone is 4. The molecule has 0 radical (unpaired) electrons. The van der Waals surface area contributed by atoms with Gasteiger partial charge in [0.25, 0.3) is 0 Å². The van der Waals surface area contributed by atoms with Crippen molar-refractivity contribution in [1.29, 1.82) is 5.26 Å². The summed E-state index contributed by atoms with van der Waals surface area (Å²) in [6.07, 6.45) is 11.9. The van der Waals surface area contributed by atoms with E-state index in [1.807, 2.05) is 31.7 Å². The summed E-state index contributed by atoms with van der Waals surface area (Å²) in [7, 11) is 0. The zero-order valence-electron chi connectivity index (χ0n) is 17.6. The van der Waals surface area contributed by atoms with E-state index in [9.17, 15) is 4.79 Å². The summed E-state index contributed by atoms with van der Waals surface area (Å²) in [4.78, 5) is 13.9. The molecule has 5 heteroatoms. The number of amides is 1. The molecule has 0 aromatic rings. The first kappa shape index (κ1) is 22.1. The molecule has 28 heavy (non-hydrogen) atoms. The van der Waals surface area contributed by atoms with Gasteiger partial charge in [-0.15, -0.1) is 0 Å². The van der Waals surface area contributed by atoms with Gasteiger partial charge in [-0.1, -0.05) is 12.7 Å². The summed E-state index contributed by atoms with van der Waals surface area (Å²) >= 11 is 0. The number of likely N-dealkylation sites (tertiary alicyclic amines) is 1. The topological polar surface area (TPSA) is 62.6 Å². The third kappa shape index (κ3) is 6.44. The van der Waals surface area contributed by atoms with E-state index in [0.717, 1.165) is 44.7 Å². The largest absolute Gasteiger partial charge is 0.494 e. The third-order valence-electron chi connectivity index (χ3n) is 5.70. The highest BCUT2D eigenvalue weighted by Crippen LogP contribution is 2.54. The molecule has 1 aliphatic carbocycles. The van der Waals surface area contributed by atoms with E-state index < -0.39 is 0 Å². The maximum absolute atomic E-state index is 12.0. The van der Waals surface area contributed by atoms with Crippen molar-refractivity contribution in [3.8, 4) is 6.07 Å². The average molecular weight is 387 g/mol. The van der Waals surface area contributed by atoms with E-state index in [0.29, 0.717) is 23.4 Å². The van der Waals surface area contributed by atoms with Crippen molar-refractivity contribution < 1.29 is 14.3 Å². The van der Waals surface area contributed by atoms with Crippen LogP contribution in [-0.2, 0) is 9.47 Å². The minimum Gasteiger partial charge on any atom is -0.494 e. The van der Waals surface area contributed by atoms with Gasteiger partial charge >= 0.3 is 6.09 Å². The first-order chi connectivity index (χ1) is 13.4. The molecule has 0 N–H and O–H groups in total. The van der Waals surface area contributed by atoms with E-state index in [1.54, 1.807) is 12.2 Å². The van der Waals surface area contributed by atoms with Gasteiger partial charge in [-0.25, -0.2) is 4.79 Å². The van der Waals surface area contributed by atoms with Gasteiger partial charge in [0.05, 0.1) is 24.4 Å². The first-order valence-electron chi connectivity index (χ1n) is 10.4. The Kier molecular flexibility index (Phi) is 8.17. The SMILES string of the molecule is C=C(/C=C(C#N)\C=C/C)OCCCC1CC2(CCN(C(=O)OC(C)C)CC2)C1. The molecule has 1 amide bonds. The Morgan fingerprint density at radius 3 is 2.61 bits per heavy atom. The van der Waals surface area contributed by atoms with Gasteiger partial charge in [-0.05, 0) is 82.8 Å². The van der Waals surface area contributed by atoms with Gasteiger partial charge in [-0.3, -0.25) is 0 Å². The second kappa shape index (κ2) is 10.4. The molecule has 0 aromatic heterocycles. The Morgan fingerprint density at radius 2 is 2.04 bits per heavy atom. The number of piperidine rings is 1. The number of ether oxygens (including phenoxy) is 2. The third-order valence-corrected chi connectivity index (χ3v) is 5.70. The van der Waals surface area contributed by atoms with Crippen LogP contribution in [0.2, 0.25) is 0 Å². The van der Waals surface area contributed by atoms with Gasteiger partial charge in [0.2, 0.25) is 0 Å². The number of nitriles is 1. The minimum absolute atomic E-state index is 0.0557. The van der Waals surface area contributed by atoms with Crippen LogP contribution in [0.5, 0.6) is 0 Å². The average Bonchev–Trinajstić information content (AvgIpc) is 2.63. The molecule has 1 saturated carbocycles. The van der Waals surface area contributed by atoms with E-state index in [-0.39, 0.29) is 12.2 Å². The second-order valence-corrected chi connectivity index (χ2v) is 8.36. The Hall–Kier alpha value is -2.22. The van der Waals surface area contributed by atoms with Crippen molar-refractivity contribution in [3.63, 3.8) is 0 Å². The lowest BCUT2D eigenvalue weighted by Gasteiger charge is -2.52. The monoisotopic (exact) mass is 386 g/mol. The van der Waals surface area contributed by atoms with E-state index in [1.165, 1.54) is 12.8 Å². The smallest absolute Gasteiger partial charge is 0.410 e. The zero-order valence-corrected chi connectivity index (χ0v) is 17.6. The normalized spacial score (nSPS) is 19.5. The molecule has 0 atom stereocenters. The number of hydrogen-bond donors (Lipinski definition) is 0. The molecular formula is C23H34N2O3. The molecule has 2 fully saturated rings. The maximum Gasteiger partial charge on any atom is 0.410 e. The van der Waals surface area contributed by atoms with Gasteiger partial charge in [-0.2, -0.15) is 5.26 Å². The molecule has 5 nitrogen and oxygen atoms in total. The standard InChI is InChI=1S/C23H34N2O3/c1-5-7-20(17-24)14-19(4)27-13-6-8-21-15-23(16-21)9-11-25(12-10-23)22(26)28-18(2)3/h5,7,14,18,21H,4,6,8-13,15-16H2,1-3H3/b7-5-,20-14+. The summed E-state index contributed by atoms with van der Waals surface area (Å²) in [5.41, 5.74) is 0.998. The molecule has 1 heterocycles. The Labute approximate surface area is 169 Å². The van der Waals surface area contributed by atoms with Crippen LogP contribution in [0.3, 0.4) is 0 Å². The number of carbonyl (C=O) groups is 1. The lowest BCUT2D eigenvalue weighted by Crippen LogP contribution is -2.49. The summed E-state index contributed by atoms with van der Waals surface area (Å²) in [5.74, 6) is 1.31.